The zero-order chi connectivity index (χ0) is 17.6. The Bertz CT molecular complexity index is 553. The standard InChI is InChI=1S/C19H32N4O2/c20-16-8-10-23(12-16)18(19(24)25)11-17-13-22(14-21-17)9-4-7-15-5-2-1-3-6-15/h13-16,18H,1-12,20H2,(H,24,25). The van der Waals surface area contributed by atoms with Crippen molar-refractivity contribution in [2.75, 3.05) is 13.1 Å². The summed E-state index contributed by atoms with van der Waals surface area (Å²) in [7, 11) is 0. The highest BCUT2D eigenvalue weighted by Gasteiger charge is 2.31. The number of imidazole rings is 1. The molecule has 3 N–H and O–H groups in total. The lowest BCUT2D eigenvalue weighted by molar-refractivity contribution is -0.142. The van der Waals surface area contributed by atoms with Gasteiger partial charge in [0.25, 0.3) is 0 Å². The number of nitrogens with two attached hydrogens (primary N) is 1. The molecular weight excluding hydrogens is 316 g/mol. The monoisotopic (exact) mass is 348 g/mol. The zero-order valence-corrected chi connectivity index (χ0v) is 15.1. The van der Waals surface area contributed by atoms with Crippen LogP contribution in [-0.4, -0.2) is 50.7 Å². The molecule has 0 spiro atoms. The molecular formula is C19H32N4O2. The minimum Gasteiger partial charge on any atom is -0.480 e. The van der Waals surface area contributed by atoms with Crippen LogP contribution in [0.15, 0.2) is 12.5 Å². The number of rotatable bonds is 8. The van der Waals surface area contributed by atoms with E-state index in [4.69, 9.17) is 5.73 Å². The van der Waals surface area contributed by atoms with Crippen molar-refractivity contribution in [1.82, 2.24) is 14.5 Å². The van der Waals surface area contributed by atoms with E-state index in [0.717, 1.165) is 31.1 Å². The Labute approximate surface area is 150 Å². The Morgan fingerprint density at radius 2 is 2.12 bits per heavy atom. The van der Waals surface area contributed by atoms with Crippen molar-refractivity contribution in [2.45, 2.75) is 76.4 Å². The highest BCUT2D eigenvalue weighted by Crippen LogP contribution is 2.27. The van der Waals surface area contributed by atoms with Gasteiger partial charge in [-0.25, -0.2) is 4.98 Å². The fraction of sp³-hybridized carbons (Fsp3) is 0.789. The van der Waals surface area contributed by atoms with Gasteiger partial charge in [0, 0.05) is 38.3 Å². The third-order valence-corrected chi connectivity index (χ3v) is 5.82. The van der Waals surface area contributed by atoms with Crippen LogP contribution < -0.4 is 5.73 Å². The topological polar surface area (TPSA) is 84.4 Å². The van der Waals surface area contributed by atoms with Gasteiger partial charge in [-0.2, -0.15) is 0 Å². The van der Waals surface area contributed by atoms with E-state index in [1.807, 2.05) is 17.4 Å². The number of aromatic nitrogens is 2. The van der Waals surface area contributed by atoms with Crippen molar-refractivity contribution in [3.63, 3.8) is 0 Å². The molecule has 1 aromatic heterocycles. The Kier molecular flexibility index (Phi) is 6.48. The summed E-state index contributed by atoms with van der Waals surface area (Å²) in [5.41, 5.74) is 6.79. The molecule has 6 heteroatoms. The number of carboxylic acids is 1. The van der Waals surface area contributed by atoms with Crippen LogP contribution >= 0.6 is 0 Å². The molecule has 1 aromatic rings. The van der Waals surface area contributed by atoms with Gasteiger partial charge in [0.2, 0.25) is 0 Å². The van der Waals surface area contributed by atoms with Gasteiger partial charge in [-0.15, -0.1) is 0 Å². The zero-order valence-electron chi connectivity index (χ0n) is 15.1. The summed E-state index contributed by atoms with van der Waals surface area (Å²) in [6.45, 7) is 2.41. The van der Waals surface area contributed by atoms with Gasteiger partial charge in [-0.05, 0) is 25.2 Å². The van der Waals surface area contributed by atoms with E-state index in [0.29, 0.717) is 13.0 Å². The summed E-state index contributed by atoms with van der Waals surface area (Å²) in [5, 5.41) is 9.56. The van der Waals surface area contributed by atoms with Crippen molar-refractivity contribution < 1.29 is 9.90 Å². The van der Waals surface area contributed by atoms with E-state index in [9.17, 15) is 9.90 Å². The minimum atomic E-state index is -0.777. The van der Waals surface area contributed by atoms with Crippen LogP contribution in [-0.2, 0) is 17.8 Å². The first-order valence-electron chi connectivity index (χ1n) is 9.85. The molecule has 2 fully saturated rings. The summed E-state index contributed by atoms with van der Waals surface area (Å²) in [6.07, 6.45) is 14.7. The summed E-state index contributed by atoms with van der Waals surface area (Å²) >= 11 is 0. The molecule has 0 aromatic carbocycles. The second-order valence-electron chi connectivity index (χ2n) is 7.85. The van der Waals surface area contributed by atoms with Gasteiger partial charge >= 0.3 is 5.97 Å². The first-order chi connectivity index (χ1) is 12.1. The van der Waals surface area contributed by atoms with Crippen molar-refractivity contribution in [2.24, 2.45) is 11.7 Å². The summed E-state index contributed by atoms with van der Waals surface area (Å²) < 4.78 is 2.12. The lowest BCUT2D eigenvalue weighted by Gasteiger charge is -2.23. The molecule has 0 radical (unpaired) electrons. The first-order valence-corrected chi connectivity index (χ1v) is 9.85. The van der Waals surface area contributed by atoms with Crippen LogP contribution in [0.1, 0.15) is 57.1 Å². The van der Waals surface area contributed by atoms with Gasteiger partial charge in [0.1, 0.15) is 6.04 Å². The molecule has 2 heterocycles. The van der Waals surface area contributed by atoms with E-state index < -0.39 is 12.0 Å². The van der Waals surface area contributed by atoms with E-state index in [1.54, 1.807) is 0 Å². The summed E-state index contributed by atoms with van der Waals surface area (Å²) in [5.74, 6) is 0.133. The van der Waals surface area contributed by atoms with E-state index >= 15 is 0 Å². The molecule has 1 saturated carbocycles. The van der Waals surface area contributed by atoms with Crippen molar-refractivity contribution >= 4 is 5.97 Å². The van der Waals surface area contributed by atoms with Gasteiger partial charge < -0.3 is 15.4 Å². The molecule has 2 aliphatic rings. The first kappa shape index (κ1) is 18.4. The fourth-order valence-electron chi connectivity index (χ4n) is 4.34. The number of hydrogen-bond acceptors (Lipinski definition) is 4. The Hall–Kier alpha value is -1.40. The number of nitrogens with zero attached hydrogens (tertiary/aromatic N) is 3. The highest BCUT2D eigenvalue weighted by molar-refractivity contribution is 5.73. The normalized spacial score (nSPS) is 23.8. The number of aryl methyl sites for hydroxylation is 1. The number of hydrogen-bond donors (Lipinski definition) is 2. The molecule has 2 atom stereocenters. The molecule has 6 nitrogen and oxygen atoms in total. The molecule has 25 heavy (non-hydrogen) atoms. The SMILES string of the molecule is NC1CCN(C(Cc2cn(CCCC3CCCCC3)cn2)C(=O)O)C1. The molecule has 0 amide bonds. The predicted molar refractivity (Wildman–Crippen MR) is 97.3 cm³/mol. The Morgan fingerprint density at radius 1 is 1.32 bits per heavy atom. The van der Waals surface area contributed by atoms with Crippen LogP contribution in [0.3, 0.4) is 0 Å². The van der Waals surface area contributed by atoms with Crippen LogP contribution in [0.4, 0.5) is 0 Å². The second kappa shape index (κ2) is 8.81. The maximum atomic E-state index is 11.6. The van der Waals surface area contributed by atoms with Crippen molar-refractivity contribution in [3.8, 4) is 0 Å². The maximum absolute atomic E-state index is 11.6. The summed E-state index contributed by atoms with van der Waals surface area (Å²) in [4.78, 5) is 18.1. The number of likely N-dealkylation sites (tertiary alicyclic amines) is 1. The molecule has 2 unspecified atom stereocenters. The summed E-state index contributed by atoms with van der Waals surface area (Å²) in [6, 6.07) is -0.418. The second-order valence-corrected chi connectivity index (χ2v) is 7.85. The molecule has 1 saturated heterocycles. The Balaban J connectivity index is 1.47. The smallest absolute Gasteiger partial charge is 0.321 e. The van der Waals surface area contributed by atoms with E-state index in [-0.39, 0.29) is 6.04 Å². The van der Waals surface area contributed by atoms with E-state index in [2.05, 4.69) is 9.55 Å². The molecule has 1 aliphatic carbocycles. The quantitative estimate of drug-likeness (QED) is 0.753. The molecule has 3 rings (SSSR count). The van der Waals surface area contributed by atoms with Gasteiger partial charge in [-0.3, -0.25) is 9.69 Å². The molecule has 1 aliphatic heterocycles. The van der Waals surface area contributed by atoms with E-state index in [1.165, 1.54) is 44.9 Å². The molecule has 0 bridgehead atoms. The molecule has 140 valence electrons. The average Bonchev–Trinajstić information content (AvgIpc) is 3.22. The van der Waals surface area contributed by atoms with Crippen LogP contribution in [0.5, 0.6) is 0 Å². The lowest BCUT2D eigenvalue weighted by atomic mass is 9.86. The van der Waals surface area contributed by atoms with Crippen molar-refractivity contribution in [3.05, 3.63) is 18.2 Å². The van der Waals surface area contributed by atoms with Crippen LogP contribution in [0, 0.1) is 5.92 Å². The lowest BCUT2D eigenvalue weighted by Crippen LogP contribution is -2.42. The third kappa shape index (κ3) is 5.28. The fourth-order valence-corrected chi connectivity index (χ4v) is 4.34. The Morgan fingerprint density at radius 3 is 2.80 bits per heavy atom. The van der Waals surface area contributed by atoms with Crippen molar-refractivity contribution in [1.29, 1.82) is 0 Å². The highest BCUT2D eigenvalue weighted by atomic mass is 16.4. The number of aliphatic carboxylic acids is 1. The van der Waals surface area contributed by atoms with Crippen LogP contribution in [0.2, 0.25) is 0 Å². The number of carbonyl (C=O) groups is 1. The van der Waals surface area contributed by atoms with Gasteiger partial charge in [0.15, 0.2) is 0 Å². The number of carboxylic acid groups (broad SMARTS) is 1. The third-order valence-electron chi connectivity index (χ3n) is 5.82. The predicted octanol–water partition coefficient (Wildman–Crippen LogP) is 2.27. The largest absolute Gasteiger partial charge is 0.480 e. The minimum absolute atomic E-state index is 0.0965. The van der Waals surface area contributed by atoms with Gasteiger partial charge in [-0.1, -0.05) is 32.1 Å². The maximum Gasteiger partial charge on any atom is 0.321 e. The van der Waals surface area contributed by atoms with Crippen LogP contribution in [0.25, 0.3) is 0 Å². The van der Waals surface area contributed by atoms with Gasteiger partial charge in [0.05, 0.1) is 12.0 Å². The average molecular weight is 348 g/mol.